The molecule has 130 valence electrons. The van der Waals surface area contributed by atoms with Crippen molar-refractivity contribution in [1.82, 2.24) is 5.32 Å². The topological polar surface area (TPSA) is 45.7 Å². The lowest BCUT2D eigenvalue weighted by Crippen LogP contribution is -2.57. The maximum absolute atomic E-state index is 6.08. The average Bonchev–Trinajstić information content (AvgIpc) is 2.63. The van der Waals surface area contributed by atoms with Crippen LogP contribution >= 0.6 is 11.6 Å². The van der Waals surface area contributed by atoms with Crippen LogP contribution in [0.25, 0.3) is 0 Å². The van der Waals surface area contributed by atoms with Gasteiger partial charge in [0.25, 0.3) is 0 Å². The summed E-state index contributed by atoms with van der Waals surface area (Å²) < 4.78 is 5.58. The molecule has 2 heterocycles. The highest BCUT2D eigenvalue weighted by Gasteiger charge is 2.40. The summed E-state index contributed by atoms with van der Waals surface area (Å²) in [5.74, 6) is 1.02. The predicted octanol–water partition coefficient (Wildman–Crippen LogP) is 4.18. The maximum atomic E-state index is 6.08. The molecule has 25 heavy (non-hydrogen) atoms. The van der Waals surface area contributed by atoms with E-state index in [0.717, 1.165) is 61.3 Å². The van der Waals surface area contributed by atoms with Crippen LogP contribution in [0.1, 0.15) is 18.4 Å². The van der Waals surface area contributed by atoms with Crippen molar-refractivity contribution in [2.24, 2.45) is 4.99 Å². The number of halogens is 1. The largest absolute Gasteiger partial charge is 0.381 e. The fraction of sp³-hybridized carbons (Fsp3) is 0.350. The minimum Gasteiger partial charge on any atom is -0.381 e. The molecular weight excluding hydrogens is 334 g/mol. The fourth-order valence-corrected chi connectivity index (χ4v) is 3.74. The third kappa shape index (κ3) is 3.51. The van der Waals surface area contributed by atoms with Gasteiger partial charge in [-0.15, -0.1) is 0 Å². The van der Waals surface area contributed by atoms with Crippen LogP contribution in [0.4, 0.5) is 11.4 Å². The van der Waals surface area contributed by atoms with Gasteiger partial charge in [-0.25, -0.2) is 4.99 Å². The van der Waals surface area contributed by atoms with Crippen molar-refractivity contribution in [2.45, 2.75) is 24.8 Å². The van der Waals surface area contributed by atoms with Gasteiger partial charge in [-0.05, 0) is 36.2 Å². The molecule has 0 atom stereocenters. The smallest absolute Gasteiger partial charge is 0.128 e. The lowest BCUT2D eigenvalue weighted by molar-refractivity contribution is 0.0771. The normalized spacial score (nSPS) is 18.2. The lowest BCUT2D eigenvalue weighted by Gasteiger charge is -2.42. The molecular formula is C20H22ClN3O. The van der Waals surface area contributed by atoms with Crippen molar-refractivity contribution in [1.29, 1.82) is 0 Å². The monoisotopic (exact) mass is 355 g/mol. The van der Waals surface area contributed by atoms with Crippen molar-refractivity contribution in [3.05, 3.63) is 59.1 Å². The van der Waals surface area contributed by atoms with Crippen LogP contribution in [-0.2, 0) is 11.2 Å². The molecule has 1 fully saturated rings. The molecule has 0 aliphatic carbocycles. The summed E-state index contributed by atoms with van der Waals surface area (Å²) in [5.41, 5.74) is 3.17. The number of nitrogens with one attached hydrogen (secondary N) is 2. The fourth-order valence-electron chi connectivity index (χ4n) is 3.53. The molecule has 1 saturated heterocycles. The molecule has 2 aromatic rings. The second kappa shape index (κ2) is 7.06. The van der Waals surface area contributed by atoms with E-state index in [-0.39, 0.29) is 5.54 Å². The molecule has 1 spiro atoms. The van der Waals surface area contributed by atoms with E-state index in [4.69, 9.17) is 21.3 Å². The van der Waals surface area contributed by atoms with Crippen molar-refractivity contribution in [3.8, 4) is 0 Å². The zero-order valence-corrected chi connectivity index (χ0v) is 14.9. The first-order chi connectivity index (χ1) is 12.3. The van der Waals surface area contributed by atoms with Gasteiger partial charge in [-0.2, -0.15) is 0 Å². The van der Waals surface area contributed by atoms with Crippen LogP contribution in [0, 0.1) is 0 Å². The molecule has 0 saturated carbocycles. The number of anilines is 1. The first-order valence-corrected chi connectivity index (χ1v) is 9.15. The van der Waals surface area contributed by atoms with E-state index in [1.165, 1.54) is 5.56 Å². The Bertz CT molecular complexity index is 784. The van der Waals surface area contributed by atoms with E-state index >= 15 is 0 Å². The van der Waals surface area contributed by atoms with Crippen LogP contribution in [0.3, 0.4) is 0 Å². The van der Waals surface area contributed by atoms with Gasteiger partial charge in [0.2, 0.25) is 0 Å². The van der Waals surface area contributed by atoms with Crippen molar-refractivity contribution in [3.63, 3.8) is 0 Å². The van der Waals surface area contributed by atoms with Crippen LogP contribution in [0.2, 0.25) is 5.02 Å². The Morgan fingerprint density at radius 1 is 1.12 bits per heavy atom. The Labute approximate surface area is 153 Å². The molecule has 4 rings (SSSR count). The molecule has 0 radical (unpaired) electrons. The second-order valence-corrected chi connectivity index (χ2v) is 7.04. The van der Waals surface area contributed by atoms with Crippen molar-refractivity contribution >= 4 is 28.8 Å². The maximum Gasteiger partial charge on any atom is 0.128 e. The number of benzene rings is 2. The molecule has 0 aromatic heterocycles. The van der Waals surface area contributed by atoms with Gasteiger partial charge in [0.15, 0.2) is 0 Å². The molecule has 0 bridgehead atoms. The van der Waals surface area contributed by atoms with Gasteiger partial charge in [-0.1, -0.05) is 35.9 Å². The standard InChI is InChI=1S/C20H22ClN3O/c21-16-5-3-4-15(14-16)8-11-22-19-20(9-12-25-13-10-20)24-18-7-2-1-6-17(18)23-19/h1-7,14,24H,8-13H2,(H,22,23). The number of para-hydroxylation sites is 2. The number of ether oxygens (including phenoxy) is 1. The summed E-state index contributed by atoms with van der Waals surface area (Å²) in [4.78, 5) is 4.93. The summed E-state index contributed by atoms with van der Waals surface area (Å²) in [6.45, 7) is 2.33. The van der Waals surface area contributed by atoms with Crippen LogP contribution in [-0.4, -0.2) is 31.1 Å². The lowest BCUT2D eigenvalue weighted by atomic mass is 9.86. The molecule has 5 heteroatoms. The zero-order chi connectivity index (χ0) is 17.1. The third-order valence-corrected chi connectivity index (χ3v) is 5.14. The first kappa shape index (κ1) is 16.4. The molecule has 4 nitrogen and oxygen atoms in total. The highest BCUT2D eigenvalue weighted by molar-refractivity contribution is 6.30. The molecule has 2 aromatic carbocycles. The van der Waals surface area contributed by atoms with Crippen LogP contribution in [0.15, 0.2) is 53.5 Å². The van der Waals surface area contributed by atoms with E-state index in [2.05, 4.69) is 22.8 Å². The molecule has 2 aliphatic heterocycles. The minimum atomic E-state index is -0.152. The Morgan fingerprint density at radius 3 is 2.80 bits per heavy atom. The molecule has 2 N–H and O–H groups in total. The van der Waals surface area contributed by atoms with Gasteiger partial charge >= 0.3 is 0 Å². The quantitative estimate of drug-likeness (QED) is 0.868. The van der Waals surface area contributed by atoms with E-state index in [0.29, 0.717) is 0 Å². The Hall–Kier alpha value is -2.04. The third-order valence-electron chi connectivity index (χ3n) is 4.91. The number of amidine groups is 1. The van der Waals surface area contributed by atoms with Gasteiger partial charge in [-0.3, -0.25) is 0 Å². The van der Waals surface area contributed by atoms with Gasteiger partial charge in [0, 0.05) is 37.6 Å². The molecule has 2 aliphatic rings. The van der Waals surface area contributed by atoms with Crippen LogP contribution < -0.4 is 10.6 Å². The summed E-state index contributed by atoms with van der Waals surface area (Å²) in [7, 11) is 0. The van der Waals surface area contributed by atoms with Gasteiger partial charge < -0.3 is 15.4 Å². The number of hydrogen-bond acceptors (Lipinski definition) is 4. The Balaban J connectivity index is 1.53. The summed E-state index contributed by atoms with van der Waals surface area (Å²) >= 11 is 6.08. The van der Waals surface area contributed by atoms with Crippen molar-refractivity contribution < 1.29 is 4.74 Å². The van der Waals surface area contributed by atoms with Crippen LogP contribution in [0.5, 0.6) is 0 Å². The first-order valence-electron chi connectivity index (χ1n) is 8.78. The van der Waals surface area contributed by atoms with E-state index in [9.17, 15) is 0 Å². The minimum absolute atomic E-state index is 0.152. The number of hydrogen-bond donors (Lipinski definition) is 2. The average molecular weight is 356 g/mol. The Morgan fingerprint density at radius 2 is 1.96 bits per heavy atom. The number of fused-ring (bicyclic) bond motifs is 1. The predicted molar refractivity (Wildman–Crippen MR) is 103 cm³/mol. The zero-order valence-electron chi connectivity index (χ0n) is 14.1. The SMILES string of the molecule is Clc1cccc(CCNC2=Nc3ccccc3NC23CCOCC3)c1. The molecule has 0 amide bonds. The molecule has 0 unspecified atom stereocenters. The van der Waals surface area contributed by atoms with E-state index < -0.39 is 0 Å². The number of aliphatic imine (C=N–C) groups is 1. The van der Waals surface area contributed by atoms with Crippen molar-refractivity contribution in [2.75, 3.05) is 25.1 Å². The Kier molecular flexibility index (Phi) is 4.64. The van der Waals surface area contributed by atoms with Gasteiger partial charge in [0.1, 0.15) is 5.84 Å². The summed E-state index contributed by atoms with van der Waals surface area (Å²) in [6.07, 6.45) is 2.75. The highest BCUT2D eigenvalue weighted by Crippen LogP contribution is 2.37. The summed E-state index contributed by atoms with van der Waals surface area (Å²) in [5, 5.41) is 8.09. The van der Waals surface area contributed by atoms with Gasteiger partial charge in [0.05, 0.1) is 16.9 Å². The second-order valence-electron chi connectivity index (χ2n) is 6.60. The number of nitrogens with zero attached hydrogens (tertiary/aromatic N) is 1. The summed E-state index contributed by atoms with van der Waals surface area (Å²) in [6, 6.07) is 16.2. The van der Waals surface area contributed by atoms with E-state index in [1.807, 2.05) is 36.4 Å². The van der Waals surface area contributed by atoms with E-state index in [1.54, 1.807) is 0 Å². The highest BCUT2D eigenvalue weighted by atomic mass is 35.5. The number of rotatable bonds is 3.